The van der Waals surface area contributed by atoms with Gasteiger partial charge in [0.1, 0.15) is 10.4 Å². The second-order valence-corrected chi connectivity index (χ2v) is 5.34. The number of halogens is 3. The number of hydrogen-bond acceptors (Lipinski definition) is 3. The molecule has 1 aromatic heterocycles. The van der Waals surface area contributed by atoms with Gasteiger partial charge in [-0.2, -0.15) is 0 Å². The van der Waals surface area contributed by atoms with E-state index >= 15 is 0 Å². The number of nitrogens with two attached hydrogens (primary N) is 1. The number of pyridine rings is 1. The summed E-state index contributed by atoms with van der Waals surface area (Å²) in [6.07, 6.45) is 1.50. The summed E-state index contributed by atoms with van der Waals surface area (Å²) in [5.74, 6) is -0.976. The number of carbonyl (C=O) groups excluding carboxylic acids is 1. The predicted octanol–water partition coefficient (Wildman–Crippen LogP) is 3.58. The maximum Gasteiger partial charge on any atom is 0.256 e. The zero-order valence-electron chi connectivity index (χ0n) is 9.45. The number of benzene rings is 1. The average molecular weight is 389 g/mol. The second kappa shape index (κ2) is 5.66. The van der Waals surface area contributed by atoms with Crippen molar-refractivity contribution in [1.82, 2.24) is 4.98 Å². The Bertz CT molecular complexity index is 632. The number of nitrogens with zero attached hydrogens (tertiary/aromatic N) is 1. The minimum Gasteiger partial charge on any atom is -0.396 e. The number of aromatic nitrogens is 1. The minimum atomic E-state index is -0.575. The Hall–Kier alpha value is -1.47. The molecular weight excluding hydrogens is 381 g/mol. The largest absolute Gasteiger partial charge is 0.396 e. The van der Waals surface area contributed by atoms with Crippen LogP contribution in [0.4, 0.5) is 15.8 Å². The number of anilines is 2. The van der Waals surface area contributed by atoms with Crippen LogP contribution in [0.3, 0.4) is 0 Å². The lowest BCUT2D eigenvalue weighted by Crippen LogP contribution is -2.13. The summed E-state index contributed by atoms with van der Waals surface area (Å²) < 4.78 is 14.2. The molecule has 0 aliphatic carbocycles. The fourth-order valence-corrected chi connectivity index (χ4v) is 2.12. The van der Waals surface area contributed by atoms with Crippen LogP contribution in [-0.2, 0) is 0 Å². The van der Waals surface area contributed by atoms with Gasteiger partial charge in [0.05, 0.1) is 23.1 Å². The molecule has 4 nitrogen and oxygen atoms in total. The summed E-state index contributed by atoms with van der Waals surface area (Å²) in [5, 5.41) is 2.64. The Morgan fingerprint density at radius 3 is 2.68 bits per heavy atom. The molecule has 0 saturated heterocycles. The Morgan fingerprint density at radius 2 is 2.05 bits per heavy atom. The number of nitrogens with one attached hydrogen (secondary N) is 1. The van der Waals surface area contributed by atoms with Crippen molar-refractivity contribution < 1.29 is 9.18 Å². The molecule has 19 heavy (non-hydrogen) atoms. The first-order valence-corrected chi connectivity index (χ1v) is 6.73. The van der Waals surface area contributed by atoms with Crippen molar-refractivity contribution in [2.75, 3.05) is 11.1 Å². The molecule has 0 aliphatic rings. The lowest BCUT2D eigenvalue weighted by molar-refractivity contribution is 0.102. The van der Waals surface area contributed by atoms with Crippen LogP contribution in [-0.4, -0.2) is 10.9 Å². The third kappa shape index (κ3) is 3.30. The van der Waals surface area contributed by atoms with E-state index in [9.17, 15) is 9.18 Å². The predicted molar refractivity (Wildman–Crippen MR) is 78.4 cm³/mol. The fourth-order valence-electron chi connectivity index (χ4n) is 1.39. The van der Waals surface area contributed by atoms with Crippen LogP contribution in [0.25, 0.3) is 0 Å². The van der Waals surface area contributed by atoms with Crippen LogP contribution in [0, 0.1) is 5.82 Å². The standard InChI is InChI=1S/C12H8Br2FN3O/c13-8-4-9(15)10(16)3-7(8)12(19)18-6-1-2-11(14)17-5-6/h1-5H,16H2,(H,18,19). The van der Waals surface area contributed by atoms with Crippen molar-refractivity contribution in [3.8, 4) is 0 Å². The van der Waals surface area contributed by atoms with Crippen LogP contribution < -0.4 is 11.1 Å². The van der Waals surface area contributed by atoms with Crippen LogP contribution in [0.5, 0.6) is 0 Å². The zero-order chi connectivity index (χ0) is 14.0. The molecule has 1 aromatic carbocycles. The Kier molecular flexibility index (Phi) is 4.16. The smallest absolute Gasteiger partial charge is 0.256 e. The Labute approximate surface area is 125 Å². The van der Waals surface area contributed by atoms with Crippen molar-refractivity contribution in [3.05, 3.63) is 50.9 Å². The number of carbonyl (C=O) groups is 1. The van der Waals surface area contributed by atoms with Gasteiger partial charge in [0.15, 0.2) is 0 Å². The molecule has 2 aromatic rings. The van der Waals surface area contributed by atoms with Crippen LogP contribution >= 0.6 is 31.9 Å². The van der Waals surface area contributed by atoms with Crippen molar-refractivity contribution in [2.45, 2.75) is 0 Å². The summed E-state index contributed by atoms with van der Waals surface area (Å²) in [6.45, 7) is 0. The van der Waals surface area contributed by atoms with Gasteiger partial charge in [-0.3, -0.25) is 4.79 Å². The van der Waals surface area contributed by atoms with E-state index in [4.69, 9.17) is 5.73 Å². The summed E-state index contributed by atoms with van der Waals surface area (Å²) in [6, 6.07) is 5.82. The van der Waals surface area contributed by atoms with Crippen molar-refractivity contribution in [3.63, 3.8) is 0 Å². The maximum absolute atomic E-state index is 13.2. The molecule has 0 aliphatic heterocycles. The number of amides is 1. The van der Waals surface area contributed by atoms with E-state index in [0.717, 1.165) is 6.07 Å². The van der Waals surface area contributed by atoms with Crippen molar-refractivity contribution >= 4 is 49.1 Å². The zero-order valence-corrected chi connectivity index (χ0v) is 12.6. The molecule has 3 N–H and O–H groups in total. The van der Waals surface area contributed by atoms with Crippen molar-refractivity contribution in [1.29, 1.82) is 0 Å². The molecule has 0 bridgehead atoms. The van der Waals surface area contributed by atoms with E-state index in [1.54, 1.807) is 12.1 Å². The van der Waals surface area contributed by atoms with Gasteiger partial charge < -0.3 is 11.1 Å². The molecule has 0 radical (unpaired) electrons. The fraction of sp³-hybridized carbons (Fsp3) is 0. The molecular formula is C12H8Br2FN3O. The van der Waals surface area contributed by atoms with Crippen LogP contribution in [0.2, 0.25) is 0 Å². The Balaban J connectivity index is 2.25. The normalized spacial score (nSPS) is 10.3. The molecule has 0 saturated carbocycles. The summed E-state index contributed by atoms with van der Waals surface area (Å²) in [7, 11) is 0. The van der Waals surface area contributed by atoms with Gasteiger partial charge in [-0.05, 0) is 56.1 Å². The van der Waals surface area contributed by atoms with E-state index in [0.29, 0.717) is 14.8 Å². The van der Waals surface area contributed by atoms with E-state index in [1.807, 2.05) is 0 Å². The molecule has 0 atom stereocenters. The molecule has 0 spiro atoms. The van der Waals surface area contributed by atoms with Gasteiger partial charge >= 0.3 is 0 Å². The summed E-state index contributed by atoms with van der Waals surface area (Å²) in [5.41, 5.74) is 6.15. The van der Waals surface area contributed by atoms with Gasteiger partial charge in [0, 0.05) is 4.47 Å². The van der Waals surface area contributed by atoms with Gasteiger partial charge in [-0.1, -0.05) is 0 Å². The highest BCUT2D eigenvalue weighted by Gasteiger charge is 2.13. The van der Waals surface area contributed by atoms with Gasteiger partial charge in [0.25, 0.3) is 5.91 Å². The summed E-state index contributed by atoms with van der Waals surface area (Å²) >= 11 is 6.32. The molecule has 0 unspecified atom stereocenters. The van der Waals surface area contributed by atoms with Gasteiger partial charge in [0.2, 0.25) is 0 Å². The molecule has 7 heteroatoms. The highest BCUT2D eigenvalue weighted by molar-refractivity contribution is 9.10. The third-order valence-electron chi connectivity index (χ3n) is 2.32. The highest BCUT2D eigenvalue weighted by Crippen LogP contribution is 2.23. The highest BCUT2D eigenvalue weighted by atomic mass is 79.9. The maximum atomic E-state index is 13.2. The SMILES string of the molecule is Nc1cc(C(=O)Nc2ccc(Br)nc2)c(Br)cc1F. The number of hydrogen-bond donors (Lipinski definition) is 2. The number of rotatable bonds is 2. The topological polar surface area (TPSA) is 68.0 Å². The minimum absolute atomic E-state index is 0.0812. The average Bonchev–Trinajstić information content (AvgIpc) is 2.36. The second-order valence-electron chi connectivity index (χ2n) is 3.68. The first kappa shape index (κ1) is 14.0. The third-order valence-corrected chi connectivity index (χ3v) is 3.44. The van der Waals surface area contributed by atoms with Gasteiger partial charge in [-0.25, -0.2) is 9.37 Å². The lowest BCUT2D eigenvalue weighted by Gasteiger charge is -2.08. The van der Waals surface area contributed by atoms with Crippen molar-refractivity contribution in [2.24, 2.45) is 0 Å². The first-order chi connectivity index (χ1) is 8.97. The van der Waals surface area contributed by atoms with Gasteiger partial charge in [-0.15, -0.1) is 0 Å². The first-order valence-electron chi connectivity index (χ1n) is 5.15. The number of nitrogen functional groups attached to an aromatic ring is 1. The van der Waals surface area contributed by atoms with E-state index in [-0.39, 0.29) is 11.3 Å². The molecule has 0 fully saturated rings. The monoisotopic (exact) mass is 387 g/mol. The lowest BCUT2D eigenvalue weighted by atomic mass is 10.2. The van der Waals surface area contributed by atoms with Crippen LogP contribution in [0.15, 0.2) is 39.5 Å². The molecule has 1 heterocycles. The molecule has 98 valence electrons. The Morgan fingerprint density at radius 1 is 1.32 bits per heavy atom. The quantitative estimate of drug-likeness (QED) is 0.610. The van der Waals surface area contributed by atoms with E-state index in [1.165, 1.54) is 12.3 Å². The van der Waals surface area contributed by atoms with E-state index < -0.39 is 11.7 Å². The van der Waals surface area contributed by atoms with E-state index in [2.05, 4.69) is 42.2 Å². The van der Waals surface area contributed by atoms with Crippen LogP contribution in [0.1, 0.15) is 10.4 Å². The molecule has 2 rings (SSSR count). The molecule has 1 amide bonds. The summed E-state index contributed by atoms with van der Waals surface area (Å²) in [4.78, 5) is 16.0.